The van der Waals surface area contributed by atoms with Gasteiger partial charge in [0.2, 0.25) is 0 Å². The van der Waals surface area contributed by atoms with Crippen LogP contribution >= 0.6 is 11.3 Å². The summed E-state index contributed by atoms with van der Waals surface area (Å²) in [5.74, 6) is 2.13. The lowest BCUT2D eigenvalue weighted by Crippen LogP contribution is -2.19. The number of hydrogen-bond acceptors (Lipinski definition) is 6. The molecule has 9 heteroatoms. The lowest BCUT2D eigenvalue weighted by Gasteiger charge is -2.10. The Morgan fingerprint density at radius 2 is 1.57 bits per heavy atom. The summed E-state index contributed by atoms with van der Waals surface area (Å²) in [6.45, 7) is 0. The van der Waals surface area contributed by atoms with Crippen molar-refractivity contribution >= 4 is 34.4 Å². The first-order valence-electron chi connectivity index (χ1n) is 11.5. The number of ether oxygens (including phenoxy) is 1. The highest BCUT2D eigenvalue weighted by molar-refractivity contribution is 7.13. The Morgan fingerprint density at radius 3 is 2.38 bits per heavy atom. The van der Waals surface area contributed by atoms with Crippen molar-refractivity contribution in [3.05, 3.63) is 109 Å². The summed E-state index contributed by atoms with van der Waals surface area (Å²) in [6, 6.07) is 31.6. The molecule has 180 valence electrons. The molecule has 6 rings (SSSR count). The number of aromatic nitrogens is 4. The SMILES string of the molecule is O=C(Nc1ccc(Oc2ccccc2)cc1)Nc1cccc(-c2ccc3nnc(-c4cccs4)n3n2)c1. The number of nitrogens with zero attached hydrogens (tertiary/aromatic N) is 4. The van der Waals surface area contributed by atoms with E-state index in [2.05, 4.69) is 20.8 Å². The summed E-state index contributed by atoms with van der Waals surface area (Å²) >= 11 is 1.58. The molecule has 0 radical (unpaired) electrons. The molecule has 6 aromatic rings. The number of benzene rings is 3. The van der Waals surface area contributed by atoms with E-state index < -0.39 is 0 Å². The molecule has 0 atom stereocenters. The van der Waals surface area contributed by atoms with Crippen LogP contribution in [-0.2, 0) is 0 Å². The van der Waals surface area contributed by atoms with Crippen molar-refractivity contribution in [1.29, 1.82) is 0 Å². The Balaban J connectivity index is 1.15. The maximum atomic E-state index is 12.6. The Morgan fingerprint density at radius 1 is 0.757 bits per heavy atom. The first-order chi connectivity index (χ1) is 18.2. The molecular weight excluding hydrogens is 484 g/mol. The van der Waals surface area contributed by atoms with Gasteiger partial charge in [-0.05, 0) is 72.1 Å². The van der Waals surface area contributed by atoms with E-state index in [1.807, 2.05) is 84.2 Å². The van der Waals surface area contributed by atoms with Crippen molar-refractivity contribution in [1.82, 2.24) is 19.8 Å². The van der Waals surface area contributed by atoms with E-state index in [0.29, 0.717) is 28.6 Å². The van der Waals surface area contributed by atoms with Crippen LogP contribution in [0.15, 0.2) is 109 Å². The largest absolute Gasteiger partial charge is 0.457 e. The predicted molar refractivity (Wildman–Crippen MR) is 145 cm³/mol. The average molecular weight is 505 g/mol. The molecule has 0 fully saturated rings. The lowest BCUT2D eigenvalue weighted by atomic mass is 10.1. The minimum absolute atomic E-state index is 0.351. The number of carbonyl (C=O) groups is 1. The van der Waals surface area contributed by atoms with Gasteiger partial charge < -0.3 is 15.4 Å². The molecular formula is C28H20N6O2S. The molecule has 0 spiro atoms. The van der Waals surface area contributed by atoms with E-state index in [1.165, 1.54) is 0 Å². The minimum Gasteiger partial charge on any atom is -0.457 e. The summed E-state index contributed by atoms with van der Waals surface area (Å²) in [6.07, 6.45) is 0. The monoisotopic (exact) mass is 504 g/mol. The number of urea groups is 1. The Kier molecular flexibility index (Phi) is 6.02. The average Bonchev–Trinajstić information content (AvgIpc) is 3.60. The first kappa shape index (κ1) is 22.4. The topological polar surface area (TPSA) is 93.4 Å². The van der Waals surface area contributed by atoms with Gasteiger partial charge in [-0.15, -0.1) is 21.5 Å². The molecule has 8 nitrogen and oxygen atoms in total. The lowest BCUT2D eigenvalue weighted by molar-refractivity contribution is 0.262. The normalized spacial score (nSPS) is 10.8. The predicted octanol–water partition coefficient (Wildman–Crippen LogP) is 6.96. The van der Waals surface area contributed by atoms with E-state index in [9.17, 15) is 4.79 Å². The van der Waals surface area contributed by atoms with Gasteiger partial charge in [0.1, 0.15) is 11.5 Å². The molecule has 0 aliphatic rings. The number of anilines is 2. The van der Waals surface area contributed by atoms with Crippen LogP contribution < -0.4 is 15.4 Å². The van der Waals surface area contributed by atoms with Crippen molar-refractivity contribution in [2.24, 2.45) is 0 Å². The maximum absolute atomic E-state index is 12.6. The van der Waals surface area contributed by atoms with Crippen LogP contribution in [0.4, 0.5) is 16.2 Å². The highest BCUT2D eigenvalue weighted by atomic mass is 32.1. The molecule has 3 heterocycles. The molecule has 0 saturated carbocycles. The number of fused-ring (bicyclic) bond motifs is 1. The van der Waals surface area contributed by atoms with Gasteiger partial charge in [0.05, 0.1) is 10.6 Å². The van der Waals surface area contributed by atoms with Crippen LogP contribution in [0, 0.1) is 0 Å². The number of rotatable bonds is 6. The zero-order chi connectivity index (χ0) is 25.0. The van der Waals surface area contributed by atoms with Crippen molar-refractivity contribution < 1.29 is 9.53 Å². The van der Waals surface area contributed by atoms with Gasteiger partial charge in [-0.1, -0.05) is 36.4 Å². The summed E-state index contributed by atoms with van der Waals surface area (Å²) in [5.41, 5.74) is 3.55. The smallest absolute Gasteiger partial charge is 0.323 e. The highest BCUT2D eigenvalue weighted by Crippen LogP contribution is 2.26. The molecule has 0 aliphatic carbocycles. The van der Waals surface area contributed by atoms with Crippen LogP contribution in [0.25, 0.3) is 27.6 Å². The van der Waals surface area contributed by atoms with Crippen molar-refractivity contribution in [2.75, 3.05) is 10.6 Å². The molecule has 2 amide bonds. The van der Waals surface area contributed by atoms with Gasteiger partial charge >= 0.3 is 6.03 Å². The second kappa shape index (κ2) is 9.92. The van der Waals surface area contributed by atoms with E-state index in [-0.39, 0.29) is 6.03 Å². The summed E-state index contributed by atoms with van der Waals surface area (Å²) in [4.78, 5) is 13.6. The van der Waals surface area contributed by atoms with Gasteiger partial charge in [0.25, 0.3) is 0 Å². The zero-order valence-electron chi connectivity index (χ0n) is 19.4. The Hall–Kier alpha value is -5.02. The van der Waals surface area contributed by atoms with Crippen LogP contribution in [0.2, 0.25) is 0 Å². The second-order valence-corrected chi connectivity index (χ2v) is 9.04. The first-order valence-corrected chi connectivity index (χ1v) is 12.4. The summed E-state index contributed by atoms with van der Waals surface area (Å²) < 4.78 is 7.53. The van der Waals surface area contributed by atoms with Crippen LogP contribution in [0.1, 0.15) is 0 Å². The summed E-state index contributed by atoms with van der Waals surface area (Å²) in [7, 11) is 0. The van der Waals surface area contributed by atoms with E-state index in [4.69, 9.17) is 9.84 Å². The third-order valence-corrected chi connectivity index (χ3v) is 6.38. The number of hydrogen-bond donors (Lipinski definition) is 2. The van der Waals surface area contributed by atoms with Crippen LogP contribution in [-0.4, -0.2) is 25.8 Å². The number of thiophene rings is 1. The van der Waals surface area contributed by atoms with Crippen LogP contribution in [0.3, 0.4) is 0 Å². The van der Waals surface area contributed by atoms with Gasteiger partial charge in [-0.25, -0.2) is 4.79 Å². The molecule has 37 heavy (non-hydrogen) atoms. The fraction of sp³-hybridized carbons (Fsp3) is 0. The number of para-hydroxylation sites is 1. The summed E-state index contributed by atoms with van der Waals surface area (Å²) in [5, 5.41) is 21.0. The third-order valence-electron chi connectivity index (χ3n) is 5.51. The van der Waals surface area contributed by atoms with Gasteiger partial charge in [-0.3, -0.25) is 0 Å². The highest BCUT2D eigenvalue weighted by Gasteiger charge is 2.12. The van der Waals surface area contributed by atoms with Crippen LogP contribution in [0.5, 0.6) is 11.5 Å². The quantitative estimate of drug-likeness (QED) is 0.256. The van der Waals surface area contributed by atoms with Gasteiger partial charge in [0.15, 0.2) is 11.5 Å². The molecule has 0 aliphatic heterocycles. The standard InChI is InChI=1S/C28H20N6O2S/c35-28(29-20-11-13-23(14-12-20)36-22-8-2-1-3-9-22)30-21-7-4-6-19(18-21)24-15-16-26-31-32-27(34(26)33-24)25-10-5-17-37-25/h1-18H,(H2,29,30,35). The van der Waals surface area contributed by atoms with E-state index in [1.54, 1.807) is 40.1 Å². The molecule has 0 saturated heterocycles. The van der Waals surface area contributed by atoms with Crippen molar-refractivity contribution in [3.63, 3.8) is 0 Å². The van der Waals surface area contributed by atoms with E-state index in [0.717, 1.165) is 21.9 Å². The molecule has 0 bridgehead atoms. The molecule has 3 aromatic carbocycles. The molecule has 3 aromatic heterocycles. The molecule has 2 N–H and O–H groups in total. The fourth-order valence-corrected chi connectivity index (χ4v) is 4.48. The minimum atomic E-state index is -0.351. The fourth-order valence-electron chi connectivity index (χ4n) is 3.78. The third kappa shape index (κ3) is 5.02. The van der Waals surface area contributed by atoms with Gasteiger partial charge in [0, 0.05) is 16.9 Å². The number of amides is 2. The maximum Gasteiger partial charge on any atom is 0.323 e. The van der Waals surface area contributed by atoms with E-state index >= 15 is 0 Å². The number of carbonyl (C=O) groups excluding carboxylic acids is 1. The Bertz CT molecular complexity index is 1660. The van der Waals surface area contributed by atoms with Gasteiger partial charge in [-0.2, -0.15) is 9.61 Å². The molecule has 0 unspecified atom stereocenters. The Labute approximate surface area is 216 Å². The zero-order valence-corrected chi connectivity index (χ0v) is 20.2. The number of nitrogens with one attached hydrogen (secondary N) is 2. The van der Waals surface area contributed by atoms with Crippen molar-refractivity contribution in [2.45, 2.75) is 0 Å². The van der Waals surface area contributed by atoms with Crippen molar-refractivity contribution in [3.8, 4) is 33.5 Å². The second-order valence-electron chi connectivity index (χ2n) is 8.09.